The molecule has 1 unspecified atom stereocenters. The van der Waals surface area contributed by atoms with Crippen molar-refractivity contribution in [1.82, 2.24) is 10.2 Å². The fraction of sp³-hybridized carbons (Fsp3) is 0.818. The van der Waals surface area contributed by atoms with E-state index in [1.54, 1.807) is 0 Å². The van der Waals surface area contributed by atoms with E-state index in [2.05, 4.69) is 10.1 Å². The van der Waals surface area contributed by atoms with E-state index in [0.717, 1.165) is 0 Å². The molecule has 1 rings (SSSR count). The highest BCUT2D eigenvalue weighted by atomic mass is 19.4. The van der Waals surface area contributed by atoms with Crippen LogP contribution in [-0.4, -0.2) is 61.0 Å². The predicted molar refractivity (Wildman–Crippen MR) is 62.2 cm³/mol. The van der Waals surface area contributed by atoms with Gasteiger partial charge in [-0.25, -0.2) is 9.59 Å². The van der Waals surface area contributed by atoms with Crippen LogP contribution >= 0.6 is 0 Å². The largest absolute Gasteiger partial charge is 0.479 e. The number of amides is 2. The summed E-state index contributed by atoms with van der Waals surface area (Å²) >= 11 is 0. The zero-order valence-electron chi connectivity index (χ0n) is 10.9. The van der Waals surface area contributed by atoms with Crippen LogP contribution in [-0.2, 0) is 9.53 Å². The summed E-state index contributed by atoms with van der Waals surface area (Å²) in [5, 5.41) is 11.0. The van der Waals surface area contributed by atoms with Gasteiger partial charge in [0.15, 0.2) is 6.10 Å². The van der Waals surface area contributed by atoms with Gasteiger partial charge in [-0.3, -0.25) is 0 Å². The second-order valence-corrected chi connectivity index (χ2v) is 4.55. The average Bonchev–Trinajstić information content (AvgIpc) is 2.38. The van der Waals surface area contributed by atoms with E-state index in [1.807, 2.05) is 0 Å². The van der Waals surface area contributed by atoms with Crippen LogP contribution in [0.3, 0.4) is 0 Å². The first-order chi connectivity index (χ1) is 9.25. The van der Waals surface area contributed by atoms with Crippen LogP contribution in [0, 0.1) is 5.92 Å². The molecule has 2 N–H and O–H groups in total. The van der Waals surface area contributed by atoms with Crippen LogP contribution in [0.5, 0.6) is 0 Å². The molecule has 0 spiro atoms. The minimum atomic E-state index is -4.23. The minimum absolute atomic E-state index is 0.000724. The number of ether oxygens (including phenoxy) is 1. The quantitative estimate of drug-likeness (QED) is 0.813. The van der Waals surface area contributed by atoms with Gasteiger partial charge in [-0.15, -0.1) is 0 Å². The number of nitrogens with one attached hydrogen (secondary N) is 1. The SMILES string of the molecule is COC(CNC(=O)N1CCC(C(F)(F)F)CC1)C(=O)O. The number of likely N-dealkylation sites (tertiary alicyclic amines) is 1. The van der Waals surface area contributed by atoms with Gasteiger partial charge >= 0.3 is 18.2 Å². The maximum Gasteiger partial charge on any atom is 0.391 e. The zero-order chi connectivity index (χ0) is 15.3. The lowest BCUT2D eigenvalue weighted by Gasteiger charge is -2.33. The monoisotopic (exact) mass is 298 g/mol. The second kappa shape index (κ2) is 6.78. The number of hydrogen-bond donors (Lipinski definition) is 2. The first-order valence-corrected chi connectivity index (χ1v) is 6.10. The Hall–Kier alpha value is -1.51. The van der Waals surface area contributed by atoms with Crippen LogP contribution in [0.15, 0.2) is 0 Å². The van der Waals surface area contributed by atoms with Crippen LogP contribution < -0.4 is 5.32 Å². The van der Waals surface area contributed by atoms with Crippen molar-refractivity contribution in [2.75, 3.05) is 26.7 Å². The van der Waals surface area contributed by atoms with Gasteiger partial charge < -0.3 is 20.1 Å². The third-order valence-electron chi connectivity index (χ3n) is 3.24. The lowest BCUT2D eigenvalue weighted by atomic mass is 9.96. The van der Waals surface area contributed by atoms with Crippen molar-refractivity contribution < 1.29 is 32.6 Å². The summed E-state index contributed by atoms with van der Waals surface area (Å²) < 4.78 is 42.0. The van der Waals surface area contributed by atoms with E-state index in [-0.39, 0.29) is 32.5 Å². The topological polar surface area (TPSA) is 78.9 Å². The molecule has 0 radical (unpaired) electrons. The van der Waals surface area contributed by atoms with E-state index in [9.17, 15) is 22.8 Å². The first-order valence-electron chi connectivity index (χ1n) is 6.10. The fourth-order valence-corrected chi connectivity index (χ4v) is 1.97. The molecule has 1 fully saturated rings. The number of nitrogens with zero attached hydrogens (tertiary/aromatic N) is 1. The molecular weight excluding hydrogens is 281 g/mol. The molecule has 0 saturated carbocycles. The number of urea groups is 1. The molecule has 2 amide bonds. The number of carboxylic acids is 1. The summed E-state index contributed by atoms with van der Waals surface area (Å²) in [6.45, 7) is -0.231. The van der Waals surface area contributed by atoms with E-state index in [0.29, 0.717) is 0 Å². The van der Waals surface area contributed by atoms with Gasteiger partial charge in [0.2, 0.25) is 0 Å². The molecule has 0 aromatic carbocycles. The first kappa shape index (κ1) is 16.5. The van der Waals surface area contributed by atoms with Crippen LogP contribution in [0.4, 0.5) is 18.0 Å². The Morgan fingerprint density at radius 1 is 1.40 bits per heavy atom. The molecule has 0 aliphatic carbocycles. The van der Waals surface area contributed by atoms with E-state index in [1.165, 1.54) is 12.0 Å². The number of piperidine rings is 1. The number of halogens is 3. The number of alkyl halides is 3. The maximum absolute atomic E-state index is 12.5. The van der Waals surface area contributed by atoms with Crippen molar-refractivity contribution in [3.63, 3.8) is 0 Å². The van der Waals surface area contributed by atoms with Gasteiger partial charge in [0, 0.05) is 20.2 Å². The summed E-state index contributed by atoms with van der Waals surface area (Å²) in [5.74, 6) is -2.60. The number of rotatable bonds is 4. The minimum Gasteiger partial charge on any atom is -0.479 e. The average molecular weight is 298 g/mol. The molecule has 0 aromatic rings. The maximum atomic E-state index is 12.5. The van der Waals surface area contributed by atoms with Crippen molar-refractivity contribution in [3.05, 3.63) is 0 Å². The smallest absolute Gasteiger partial charge is 0.391 e. The molecule has 1 heterocycles. The molecule has 20 heavy (non-hydrogen) atoms. The fourth-order valence-electron chi connectivity index (χ4n) is 1.97. The van der Waals surface area contributed by atoms with Crippen LogP contribution in [0.25, 0.3) is 0 Å². The normalized spacial score (nSPS) is 18.7. The Morgan fingerprint density at radius 2 is 1.95 bits per heavy atom. The van der Waals surface area contributed by atoms with Gasteiger partial charge in [0.1, 0.15) is 0 Å². The molecule has 6 nitrogen and oxygen atoms in total. The van der Waals surface area contributed by atoms with E-state index >= 15 is 0 Å². The number of carbonyl (C=O) groups is 2. The third-order valence-corrected chi connectivity index (χ3v) is 3.24. The van der Waals surface area contributed by atoms with Crippen molar-refractivity contribution in [2.24, 2.45) is 5.92 Å². The summed E-state index contributed by atoms with van der Waals surface area (Å²) in [4.78, 5) is 23.6. The summed E-state index contributed by atoms with van der Waals surface area (Å²) in [5.41, 5.74) is 0. The molecule has 116 valence electrons. The molecule has 0 bridgehead atoms. The van der Waals surface area contributed by atoms with Crippen molar-refractivity contribution in [3.8, 4) is 0 Å². The molecule has 0 aromatic heterocycles. The van der Waals surface area contributed by atoms with Gasteiger partial charge in [0.25, 0.3) is 0 Å². The lowest BCUT2D eigenvalue weighted by molar-refractivity contribution is -0.183. The summed E-state index contributed by atoms with van der Waals surface area (Å²) in [7, 11) is 1.19. The van der Waals surface area contributed by atoms with Gasteiger partial charge in [-0.1, -0.05) is 0 Å². The Morgan fingerprint density at radius 3 is 2.35 bits per heavy atom. The standard InChI is InChI=1S/C11H17F3N2O4/c1-20-8(9(17)18)6-15-10(19)16-4-2-7(3-5-16)11(12,13)14/h7-8H,2-6H2,1H3,(H,15,19)(H,17,18). The van der Waals surface area contributed by atoms with Gasteiger partial charge in [-0.05, 0) is 12.8 Å². The molecule has 1 aliphatic heterocycles. The highest BCUT2D eigenvalue weighted by Crippen LogP contribution is 2.33. The Balaban J connectivity index is 2.38. The summed E-state index contributed by atoms with van der Waals surface area (Å²) in [6.07, 6.45) is -5.67. The Kier molecular flexibility index (Phi) is 5.61. The number of aliphatic carboxylic acids is 1. The van der Waals surface area contributed by atoms with Gasteiger partial charge in [-0.2, -0.15) is 13.2 Å². The van der Waals surface area contributed by atoms with Crippen molar-refractivity contribution in [1.29, 1.82) is 0 Å². The molecule has 1 aliphatic rings. The Bertz CT molecular complexity index is 354. The molecule has 9 heteroatoms. The zero-order valence-corrected chi connectivity index (χ0v) is 10.9. The number of carbonyl (C=O) groups excluding carboxylic acids is 1. The summed E-state index contributed by atoms with van der Waals surface area (Å²) in [6, 6.07) is -0.575. The highest BCUT2D eigenvalue weighted by molar-refractivity contribution is 5.77. The highest BCUT2D eigenvalue weighted by Gasteiger charge is 2.41. The third kappa shape index (κ3) is 4.55. The molecule has 1 atom stereocenters. The predicted octanol–water partition coefficient (Wildman–Crippen LogP) is 1.07. The van der Waals surface area contributed by atoms with E-state index in [4.69, 9.17) is 5.11 Å². The van der Waals surface area contributed by atoms with Gasteiger partial charge in [0.05, 0.1) is 12.5 Å². The number of methoxy groups -OCH3 is 1. The molecular formula is C11H17F3N2O4. The number of carboxylic acid groups (broad SMARTS) is 1. The molecule has 1 saturated heterocycles. The van der Waals surface area contributed by atoms with Crippen LogP contribution in [0.1, 0.15) is 12.8 Å². The van der Waals surface area contributed by atoms with Crippen molar-refractivity contribution in [2.45, 2.75) is 25.1 Å². The number of hydrogen-bond acceptors (Lipinski definition) is 3. The lowest BCUT2D eigenvalue weighted by Crippen LogP contribution is -2.49. The second-order valence-electron chi connectivity index (χ2n) is 4.55. The van der Waals surface area contributed by atoms with Crippen LogP contribution in [0.2, 0.25) is 0 Å². The van der Waals surface area contributed by atoms with E-state index < -0.39 is 30.2 Å². The van der Waals surface area contributed by atoms with Crippen molar-refractivity contribution >= 4 is 12.0 Å². The Labute approximate surface area is 113 Å².